The van der Waals surface area contributed by atoms with Crippen LogP contribution in [0.1, 0.15) is 83.6 Å². The zero-order valence-corrected chi connectivity index (χ0v) is 17.5. The fourth-order valence-corrected chi connectivity index (χ4v) is 0.647. The topological polar surface area (TPSA) is 77.5 Å². The molecule has 0 aliphatic heterocycles. The average Bonchev–Trinajstić information content (AvgIpc) is 2.35. The third-order valence-corrected chi connectivity index (χ3v) is 3.34. The Morgan fingerprint density at radius 3 is 0.840 bits per heavy atom. The van der Waals surface area contributed by atoms with Gasteiger partial charge in [0.1, 0.15) is 22.8 Å². The van der Waals surface area contributed by atoms with Crippen molar-refractivity contribution in [2.45, 2.75) is 83.6 Å². The molecule has 5 heteroatoms. The molecule has 0 aromatic rings. The Labute approximate surface area is 154 Å². The number of ketones is 3. The highest BCUT2D eigenvalue weighted by molar-refractivity contribution is 6.04. The molecule has 5 nitrogen and oxygen atoms in total. The van der Waals surface area contributed by atoms with Crippen LogP contribution in [0.15, 0.2) is 0 Å². The van der Waals surface area contributed by atoms with Crippen LogP contribution in [0, 0.1) is 16.2 Å². The van der Waals surface area contributed by atoms with Gasteiger partial charge in [-0.1, -0.05) is 35.1 Å². The molecule has 0 saturated carbocycles. The van der Waals surface area contributed by atoms with E-state index in [-0.39, 0.29) is 24.8 Å². The van der Waals surface area contributed by atoms with Crippen molar-refractivity contribution in [3.8, 4) is 0 Å². The molecule has 0 saturated heterocycles. The average molecular weight is 361 g/mol. The molecular weight excluding hydrogens is 320 g/mol. The minimum atomic E-state index is -0.991. The van der Waals surface area contributed by atoms with E-state index in [1.54, 1.807) is 27.7 Å². The summed E-state index contributed by atoms with van der Waals surface area (Å²) in [4.78, 5) is 43.0. The summed E-state index contributed by atoms with van der Waals surface area (Å²) in [7, 11) is 1.27. The van der Waals surface area contributed by atoms with Crippen LogP contribution in [0.5, 0.6) is 0 Å². The Balaban J connectivity index is -0.000000136. The first-order valence-corrected chi connectivity index (χ1v) is 7.93. The molecule has 0 fully saturated rings. The predicted octanol–water partition coefficient (Wildman–Crippen LogP) is 4.65. The highest BCUT2D eigenvalue weighted by atomic mass is 16.5. The molecular formula is C20H40O5. The van der Waals surface area contributed by atoms with Crippen molar-refractivity contribution in [3.05, 3.63) is 0 Å². The minimum Gasteiger partial charge on any atom is -0.468 e. The van der Waals surface area contributed by atoms with Gasteiger partial charge in [-0.15, -0.1) is 0 Å². The standard InChI is InChI=1S/C7H12O3.C7H12O2.C5H12.CH4/c1-5(8)7(2,3)6(9)10-4;1-5(8)7(3,4)6(2)9;1-5(2,3)4;/h1-4H3;1-4H3;1-4H3;1H4. The number of esters is 1. The van der Waals surface area contributed by atoms with Gasteiger partial charge in [-0.3, -0.25) is 19.2 Å². The third kappa shape index (κ3) is 15.7. The lowest BCUT2D eigenvalue weighted by molar-refractivity contribution is -0.155. The fourth-order valence-electron chi connectivity index (χ4n) is 0.647. The van der Waals surface area contributed by atoms with E-state index in [0.717, 1.165) is 0 Å². The molecule has 0 atom stereocenters. The molecule has 0 rings (SSSR count). The lowest BCUT2D eigenvalue weighted by atomic mass is 9.85. The summed E-state index contributed by atoms with van der Waals surface area (Å²) in [6, 6.07) is 0. The highest BCUT2D eigenvalue weighted by Gasteiger charge is 2.33. The summed E-state index contributed by atoms with van der Waals surface area (Å²) in [6.45, 7) is 19.3. The number of hydrogen-bond acceptors (Lipinski definition) is 5. The number of hydrogen-bond donors (Lipinski definition) is 0. The maximum atomic E-state index is 10.8. The van der Waals surface area contributed by atoms with Crippen LogP contribution < -0.4 is 0 Å². The van der Waals surface area contributed by atoms with Crippen molar-refractivity contribution in [3.63, 3.8) is 0 Å². The molecule has 0 radical (unpaired) electrons. The minimum absolute atomic E-state index is 0. The van der Waals surface area contributed by atoms with Crippen LogP contribution >= 0.6 is 0 Å². The zero-order valence-electron chi connectivity index (χ0n) is 17.5. The van der Waals surface area contributed by atoms with Crippen LogP contribution in [-0.2, 0) is 23.9 Å². The summed E-state index contributed by atoms with van der Waals surface area (Å²) >= 11 is 0. The van der Waals surface area contributed by atoms with E-state index in [1.807, 2.05) is 0 Å². The van der Waals surface area contributed by atoms with Crippen LogP contribution in [-0.4, -0.2) is 30.4 Å². The predicted molar refractivity (Wildman–Crippen MR) is 103 cm³/mol. The van der Waals surface area contributed by atoms with Gasteiger partial charge in [0, 0.05) is 0 Å². The Morgan fingerprint density at radius 2 is 0.800 bits per heavy atom. The maximum absolute atomic E-state index is 10.8. The van der Waals surface area contributed by atoms with Crippen molar-refractivity contribution in [1.29, 1.82) is 0 Å². The van der Waals surface area contributed by atoms with E-state index in [9.17, 15) is 19.2 Å². The fraction of sp³-hybridized carbons (Fsp3) is 0.800. The number of methoxy groups -OCH3 is 1. The lowest BCUT2D eigenvalue weighted by Crippen LogP contribution is -2.32. The van der Waals surface area contributed by atoms with Crippen molar-refractivity contribution < 1.29 is 23.9 Å². The number of Topliss-reactive ketones (excluding diaryl/α,β-unsaturated/α-hetero) is 3. The molecule has 0 aliphatic carbocycles. The summed E-state index contributed by atoms with van der Waals surface area (Å²) < 4.78 is 4.42. The summed E-state index contributed by atoms with van der Waals surface area (Å²) in [5.41, 5.74) is -1.27. The van der Waals surface area contributed by atoms with E-state index in [0.29, 0.717) is 5.41 Å². The van der Waals surface area contributed by atoms with Crippen molar-refractivity contribution in [1.82, 2.24) is 0 Å². The largest absolute Gasteiger partial charge is 0.468 e. The van der Waals surface area contributed by atoms with Crippen LogP contribution in [0.3, 0.4) is 0 Å². The molecule has 0 amide bonds. The second kappa shape index (κ2) is 11.9. The highest BCUT2D eigenvalue weighted by Crippen LogP contribution is 2.17. The molecule has 0 spiro atoms. The summed E-state index contributed by atoms with van der Waals surface area (Å²) in [6.07, 6.45) is 0. The molecule has 0 N–H and O–H groups in total. The maximum Gasteiger partial charge on any atom is 0.318 e. The first-order valence-electron chi connectivity index (χ1n) is 7.93. The Morgan fingerprint density at radius 1 is 0.600 bits per heavy atom. The SMILES string of the molecule is C.CC(=O)C(C)(C)C(C)=O.CC(C)(C)C.COC(=O)C(C)(C)C(C)=O. The van der Waals surface area contributed by atoms with Crippen LogP contribution in [0.2, 0.25) is 0 Å². The van der Waals surface area contributed by atoms with E-state index in [2.05, 4.69) is 32.4 Å². The van der Waals surface area contributed by atoms with Gasteiger partial charge in [0.2, 0.25) is 0 Å². The Kier molecular flexibility index (Phi) is 14.9. The van der Waals surface area contributed by atoms with Crippen LogP contribution in [0.4, 0.5) is 0 Å². The lowest BCUT2D eigenvalue weighted by Gasteiger charge is -2.16. The van der Waals surface area contributed by atoms with E-state index >= 15 is 0 Å². The normalized spacial score (nSPS) is 10.7. The first kappa shape index (κ1) is 31.3. The number of ether oxygens (including phenoxy) is 1. The van der Waals surface area contributed by atoms with Gasteiger partial charge in [0.05, 0.1) is 12.5 Å². The molecule has 25 heavy (non-hydrogen) atoms. The van der Waals surface area contributed by atoms with Gasteiger partial charge in [-0.25, -0.2) is 0 Å². The smallest absolute Gasteiger partial charge is 0.318 e. The molecule has 0 unspecified atom stereocenters. The molecule has 0 aromatic heterocycles. The van der Waals surface area contributed by atoms with Crippen molar-refractivity contribution >= 4 is 23.3 Å². The Bertz CT molecular complexity index is 429. The third-order valence-electron chi connectivity index (χ3n) is 3.34. The number of carbonyl (C=O) groups is 4. The van der Waals surface area contributed by atoms with Gasteiger partial charge < -0.3 is 4.74 Å². The van der Waals surface area contributed by atoms with E-state index < -0.39 is 16.8 Å². The monoisotopic (exact) mass is 360 g/mol. The molecule has 0 heterocycles. The first-order chi connectivity index (χ1) is 10.3. The van der Waals surface area contributed by atoms with Crippen LogP contribution in [0.25, 0.3) is 0 Å². The zero-order chi connectivity index (χ0) is 20.5. The van der Waals surface area contributed by atoms with E-state index in [1.165, 1.54) is 27.9 Å². The van der Waals surface area contributed by atoms with Gasteiger partial charge in [0.25, 0.3) is 0 Å². The Hall–Kier alpha value is -1.52. The number of carbonyl (C=O) groups excluding carboxylic acids is 4. The second-order valence-electron chi connectivity index (χ2n) is 8.41. The van der Waals surface area contributed by atoms with Gasteiger partial charge >= 0.3 is 5.97 Å². The summed E-state index contributed by atoms with van der Waals surface area (Å²) in [5.74, 6) is -0.815. The quantitative estimate of drug-likeness (QED) is 0.538. The molecule has 150 valence electrons. The summed E-state index contributed by atoms with van der Waals surface area (Å²) in [5, 5.41) is 0. The van der Waals surface area contributed by atoms with E-state index in [4.69, 9.17) is 0 Å². The number of rotatable bonds is 4. The van der Waals surface area contributed by atoms with Gasteiger partial charge in [-0.2, -0.15) is 0 Å². The molecule has 0 aliphatic rings. The van der Waals surface area contributed by atoms with Gasteiger partial charge in [-0.05, 0) is 53.9 Å². The second-order valence-corrected chi connectivity index (χ2v) is 8.41. The molecule has 0 bridgehead atoms. The van der Waals surface area contributed by atoms with Crippen molar-refractivity contribution in [2.75, 3.05) is 7.11 Å². The molecule has 0 aromatic carbocycles. The van der Waals surface area contributed by atoms with Crippen molar-refractivity contribution in [2.24, 2.45) is 16.2 Å². The van der Waals surface area contributed by atoms with Gasteiger partial charge in [0.15, 0.2) is 0 Å².